The molecule has 2 aromatic rings. The van der Waals surface area contributed by atoms with Gasteiger partial charge in [0.25, 0.3) is 5.91 Å². The number of ether oxygens (including phenoxy) is 1. The number of halogens is 1. The lowest BCUT2D eigenvalue weighted by Crippen LogP contribution is -2.59. The molecule has 3 amide bonds. The van der Waals surface area contributed by atoms with Gasteiger partial charge in [0.1, 0.15) is 11.6 Å². The Labute approximate surface area is 277 Å². The number of aliphatic hydroxyl groups excluding tert-OH is 1. The first-order valence-electron chi connectivity index (χ1n) is 16.2. The predicted molar refractivity (Wildman–Crippen MR) is 180 cm³/mol. The third-order valence-electron chi connectivity index (χ3n) is 10.2. The zero-order valence-corrected chi connectivity index (χ0v) is 28.0. The summed E-state index contributed by atoms with van der Waals surface area (Å²) < 4.78 is 7.00. The van der Waals surface area contributed by atoms with Gasteiger partial charge in [-0.2, -0.15) is 0 Å². The van der Waals surface area contributed by atoms with Crippen molar-refractivity contribution in [3.63, 3.8) is 0 Å². The van der Waals surface area contributed by atoms with Crippen LogP contribution in [0.5, 0.6) is 0 Å². The molecule has 0 aromatic heterocycles. The number of anilines is 1. The second-order valence-electron chi connectivity index (χ2n) is 13.6. The normalized spacial score (nSPS) is 28.7. The number of hydrogen-bond acceptors (Lipinski definition) is 5. The van der Waals surface area contributed by atoms with Crippen LogP contribution in [0.1, 0.15) is 46.1 Å². The molecule has 2 bridgehead atoms. The van der Waals surface area contributed by atoms with Crippen LogP contribution >= 0.6 is 11.6 Å². The van der Waals surface area contributed by atoms with Crippen LogP contribution in [-0.2, 0) is 25.7 Å². The van der Waals surface area contributed by atoms with E-state index in [4.69, 9.17) is 16.3 Å². The lowest BCUT2D eigenvalue weighted by atomic mass is 9.62. The van der Waals surface area contributed by atoms with E-state index in [0.29, 0.717) is 36.6 Å². The van der Waals surface area contributed by atoms with Gasteiger partial charge in [0.15, 0.2) is 0 Å². The summed E-state index contributed by atoms with van der Waals surface area (Å²) in [6, 6.07) is 15.0. The fourth-order valence-electron chi connectivity index (χ4n) is 8.15. The fourth-order valence-corrected chi connectivity index (χ4v) is 8.28. The summed E-state index contributed by atoms with van der Waals surface area (Å²) in [5.41, 5.74) is -0.673. The first kappa shape index (κ1) is 33.9. The number of carbonyl (C=O) groups excluding carboxylic acids is 3. The molecule has 3 heterocycles. The molecule has 3 unspecified atom stereocenters. The molecule has 1 N–H and O–H groups in total. The highest BCUT2D eigenvalue weighted by atomic mass is 35.5. The lowest BCUT2D eigenvalue weighted by molar-refractivity contribution is -0.154. The van der Waals surface area contributed by atoms with Gasteiger partial charge in [-0.3, -0.25) is 14.4 Å². The van der Waals surface area contributed by atoms with Gasteiger partial charge >= 0.3 is 0 Å². The maximum absolute atomic E-state index is 15.0. The second kappa shape index (κ2) is 13.3. The summed E-state index contributed by atoms with van der Waals surface area (Å²) in [7, 11) is 0. The maximum Gasteiger partial charge on any atom is 0.253 e. The van der Waals surface area contributed by atoms with Crippen molar-refractivity contribution in [3.05, 3.63) is 90.5 Å². The predicted octanol–water partition coefficient (Wildman–Crippen LogP) is 5.49. The number of hydrogen-bond donors (Lipinski definition) is 1. The van der Waals surface area contributed by atoms with E-state index in [0.717, 1.165) is 5.56 Å². The maximum atomic E-state index is 15.0. The highest BCUT2D eigenvalue weighted by Crippen LogP contribution is 2.66. The summed E-state index contributed by atoms with van der Waals surface area (Å²) in [6.07, 6.45) is 4.24. The second-order valence-corrected chi connectivity index (χ2v) is 14.1. The van der Waals surface area contributed by atoms with Gasteiger partial charge in [0.05, 0.1) is 30.1 Å². The van der Waals surface area contributed by atoms with E-state index in [1.807, 2.05) is 58.0 Å². The Balaban J connectivity index is 1.63. The Morgan fingerprint density at radius 1 is 1.09 bits per heavy atom. The molecule has 3 saturated heterocycles. The van der Waals surface area contributed by atoms with Crippen LogP contribution in [0.25, 0.3) is 0 Å². The van der Waals surface area contributed by atoms with E-state index in [-0.39, 0.29) is 42.7 Å². The average molecular weight is 648 g/mol. The Morgan fingerprint density at radius 3 is 2.33 bits per heavy atom. The van der Waals surface area contributed by atoms with Crippen molar-refractivity contribution in [1.82, 2.24) is 9.80 Å². The van der Waals surface area contributed by atoms with E-state index in [1.54, 1.807) is 51.1 Å². The molecule has 46 heavy (non-hydrogen) atoms. The summed E-state index contributed by atoms with van der Waals surface area (Å²) >= 11 is 6.18. The molecule has 9 heteroatoms. The Bertz CT molecular complexity index is 1470. The summed E-state index contributed by atoms with van der Waals surface area (Å²) in [6.45, 7) is 16.3. The molecule has 3 aliphatic rings. The number of rotatable bonds is 13. The monoisotopic (exact) mass is 647 g/mol. The summed E-state index contributed by atoms with van der Waals surface area (Å²) in [5.74, 6) is -2.55. The van der Waals surface area contributed by atoms with Crippen LogP contribution in [0.15, 0.2) is 79.9 Å². The van der Waals surface area contributed by atoms with Crippen molar-refractivity contribution in [2.24, 2.45) is 23.7 Å². The van der Waals surface area contributed by atoms with Crippen molar-refractivity contribution in [2.75, 3.05) is 24.6 Å². The van der Waals surface area contributed by atoms with Crippen molar-refractivity contribution in [1.29, 1.82) is 0 Å². The number of likely N-dealkylation sites (tertiary alicyclic amines) is 1. The number of amides is 3. The van der Waals surface area contributed by atoms with E-state index >= 15 is 0 Å². The molecule has 3 fully saturated rings. The topological polar surface area (TPSA) is 90.4 Å². The fraction of sp³-hybridized carbons (Fsp3) is 0.486. The Morgan fingerprint density at radius 2 is 1.74 bits per heavy atom. The third-order valence-corrected chi connectivity index (χ3v) is 10.4. The van der Waals surface area contributed by atoms with Crippen molar-refractivity contribution >= 4 is 35.0 Å². The minimum atomic E-state index is -1.26. The molecular formula is C37H46ClN3O5. The van der Waals surface area contributed by atoms with Crippen LogP contribution in [0.4, 0.5) is 5.69 Å². The molecule has 246 valence electrons. The zero-order valence-electron chi connectivity index (χ0n) is 27.3. The van der Waals surface area contributed by atoms with Gasteiger partial charge in [-0.1, -0.05) is 74.9 Å². The SMILES string of the molecule is C=CCN(Cc1ccccc1)C(=O)[C@H]1[C@H]2C(=O)N([C@@H](CO)CC(C)C)C(C(=O)N(CC=C)c3ccc(Cl)cc3)C23CC(C)[C@]1(C)O3. The molecule has 2 aromatic carbocycles. The average Bonchev–Trinajstić information content (AvgIpc) is 3.55. The molecule has 5 rings (SSSR count). The third kappa shape index (κ3) is 5.69. The van der Waals surface area contributed by atoms with Crippen molar-refractivity contribution in [2.45, 2.75) is 70.4 Å². The number of benzene rings is 2. The first-order chi connectivity index (χ1) is 21.9. The van der Waals surface area contributed by atoms with Crippen LogP contribution < -0.4 is 4.90 Å². The molecule has 0 radical (unpaired) electrons. The molecular weight excluding hydrogens is 602 g/mol. The molecule has 7 atom stereocenters. The molecule has 0 aliphatic carbocycles. The molecule has 8 nitrogen and oxygen atoms in total. The lowest BCUT2D eigenvalue weighted by Gasteiger charge is -2.40. The largest absolute Gasteiger partial charge is 0.394 e. The standard InChI is InChI=1S/C37H46ClN3O5/c1-7-18-39(22-26-12-10-9-11-13-26)33(43)30-31-34(44)41(29(23-42)20-24(3)4)32(37(31)21-25(5)36(30,6)46-37)35(45)40(19-8-2)28-16-14-27(38)15-17-28/h7-17,24-25,29-32,42H,1-2,18-23H2,3-6H3/t25?,29-,30-,31+,32?,36+,37?/m1/s1. The Kier molecular flexibility index (Phi) is 9.83. The Hall–Kier alpha value is -3.46. The van der Waals surface area contributed by atoms with E-state index in [9.17, 15) is 19.5 Å². The molecule has 3 aliphatic heterocycles. The van der Waals surface area contributed by atoms with Gasteiger partial charge in [0, 0.05) is 30.3 Å². The minimum absolute atomic E-state index is 0.121. The van der Waals surface area contributed by atoms with Gasteiger partial charge in [0.2, 0.25) is 11.8 Å². The van der Waals surface area contributed by atoms with E-state index in [2.05, 4.69) is 13.2 Å². The van der Waals surface area contributed by atoms with Crippen molar-refractivity contribution < 1.29 is 24.2 Å². The van der Waals surface area contributed by atoms with Crippen LogP contribution in [0.2, 0.25) is 5.02 Å². The minimum Gasteiger partial charge on any atom is -0.394 e. The molecule has 0 saturated carbocycles. The van der Waals surface area contributed by atoms with Crippen LogP contribution in [0.3, 0.4) is 0 Å². The smallest absolute Gasteiger partial charge is 0.253 e. The van der Waals surface area contributed by atoms with Crippen LogP contribution in [-0.4, -0.2) is 75.6 Å². The highest BCUT2D eigenvalue weighted by molar-refractivity contribution is 6.30. The van der Waals surface area contributed by atoms with Crippen molar-refractivity contribution in [3.8, 4) is 0 Å². The van der Waals surface area contributed by atoms with Gasteiger partial charge < -0.3 is 24.5 Å². The van der Waals surface area contributed by atoms with E-state index in [1.165, 1.54) is 0 Å². The van der Waals surface area contributed by atoms with Gasteiger partial charge in [-0.05, 0) is 61.4 Å². The number of fused-ring (bicyclic) bond motifs is 1. The van der Waals surface area contributed by atoms with E-state index < -0.39 is 35.1 Å². The number of nitrogens with zero attached hydrogens (tertiary/aromatic N) is 3. The number of aliphatic hydroxyl groups is 1. The van der Waals surface area contributed by atoms with Gasteiger partial charge in [-0.15, -0.1) is 13.2 Å². The highest BCUT2D eigenvalue weighted by Gasteiger charge is 2.80. The summed E-state index contributed by atoms with van der Waals surface area (Å²) in [5, 5.41) is 11.2. The zero-order chi connectivity index (χ0) is 33.4. The summed E-state index contributed by atoms with van der Waals surface area (Å²) in [4.78, 5) is 49.4. The quantitative estimate of drug-likeness (QED) is 0.291. The van der Waals surface area contributed by atoms with Gasteiger partial charge in [-0.25, -0.2) is 0 Å². The molecule has 1 spiro atoms. The number of carbonyl (C=O) groups is 3. The van der Waals surface area contributed by atoms with Crippen LogP contribution in [0, 0.1) is 23.7 Å². The first-order valence-corrected chi connectivity index (χ1v) is 16.6.